The summed E-state index contributed by atoms with van der Waals surface area (Å²) in [5.41, 5.74) is 1.77. The fourth-order valence-corrected chi connectivity index (χ4v) is 5.01. The van der Waals surface area contributed by atoms with Crippen LogP contribution in [0.2, 0.25) is 0 Å². The molecule has 1 aliphatic carbocycles. The van der Waals surface area contributed by atoms with Crippen molar-refractivity contribution >= 4 is 38.8 Å². The first-order valence-electron chi connectivity index (χ1n) is 9.51. The van der Waals surface area contributed by atoms with Gasteiger partial charge in [-0.05, 0) is 44.2 Å². The van der Waals surface area contributed by atoms with Crippen molar-refractivity contribution in [2.24, 2.45) is 0 Å². The summed E-state index contributed by atoms with van der Waals surface area (Å²) in [6.45, 7) is 1.60. The molecule has 4 rings (SSSR count). The Morgan fingerprint density at radius 3 is 2.93 bits per heavy atom. The minimum atomic E-state index is -0.477. The van der Waals surface area contributed by atoms with E-state index in [1.165, 1.54) is 17.0 Å². The van der Waals surface area contributed by atoms with Crippen molar-refractivity contribution in [1.29, 1.82) is 0 Å². The van der Waals surface area contributed by atoms with E-state index in [0.29, 0.717) is 22.5 Å². The van der Waals surface area contributed by atoms with Crippen LogP contribution in [0, 0.1) is 17.0 Å². The first-order chi connectivity index (χ1) is 13.9. The average Bonchev–Trinajstić information content (AvgIpc) is 3.06. The van der Waals surface area contributed by atoms with Gasteiger partial charge in [0.05, 0.1) is 21.6 Å². The summed E-state index contributed by atoms with van der Waals surface area (Å²) in [6.07, 6.45) is 4.55. The van der Waals surface area contributed by atoms with Gasteiger partial charge in [0.25, 0.3) is 11.2 Å². The number of hydrogen-bond acceptors (Lipinski definition) is 6. The number of aromatic amines is 1. The van der Waals surface area contributed by atoms with Gasteiger partial charge in [0.1, 0.15) is 10.7 Å². The first kappa shape index (κ1) is 19.3. The lowest BCUT2D eigenvalue weighted by Gasteiger charge is -2.09. The van der Waals surface area contributed by atoms with Gasteiger partial charge in [-0.3, -0.25) is 19.7 Å². The molecule has 0 aliphatic heterocycles. The number of carbonyl (C=O) groups is 1. The Morgan fingerprint density at radius 2 is 2.14 bits per heavy atom. The number of nitrogens with one attached hydrogen (secondary N) is 2. The summed E-state index contributed by atoms with van der Waals surface area (Å²) in [6, 6.07) is 4.56. The van der Waals surface area contributed by atoms with Crippen LogP contribution in [0.1, 0.15) is 41.1 Å². The van der Waals surface area contributed by atoms with Crippen LogP contribution in [0.15, 0.2) is 23.0 Å². The third kappa shape index (κ3) is 3.77. The van der Waals surface area contributed by atoms with Gasteiger partial charge in [0.2, 0.25) is 5.91 Å². The lowest BCUT2D eigenvalue weighted by atomic mass is 9.97. The summed E-state index contributed by atoms with van der Waals surface area (Å²) in [5, 5.41) is 14.4. The van der Waals surface area contributed by atoms with Crippen LogP contribution in [0.3, 0.4) is 0 Å². The van der Waals surface area contributed by atoms with E-state index in [1.807, 2.05) is 0 Å². The van der Waals surface area contributed by atoms with Crippen LogP contribution in [-0.4, -0.2) is 20.8 Å². The zero-order chi connectivity index (χ0) is 20.5. The summed E-state index contributed by atoms with van der Waals surface area (Å²) in [5.74, 6) is 0.189. The maximum absolute atomic E-state index is 12.6. The molecule has 0 bridgehead atoms. The minimum absolute atomic E-state index is 0.0408. The zero-order valence-electron chi connectivity index (χ0n) is 15.9. The number of fused-ring (bicyclic) bond motifs is 3. The molecule has 3 aromatic rings. The van der Waals surface area contributed by atoms with E-state index in [2.05, 4.69) is 15.3 Å². The standard InChI is InChI=1S/C20H20N4O4S/c1-11-13(6-4-7-14(11)24(27)28)21-17(25)10-9-16-22-19(26)18-12-5-2-3-8-15(12)29-20(18)23-16/h4,6-7H,2-3,5,8-10H2,1H3,(H,21,25)(H,22,23,26). The molecule has 1 amide bonds. The third-order valence-electron chi connectivity index (χ3n) is 5.24. The molecule has 0 spiro atoms. The number of benzene rings is 1. The lowest BCUT2D eigenvalue weighted by Crippen LogP contribution is -2.17. The predicted molar refractivity (Wildman–Crippen MR) is 112 cm³/mol. The van der Waals surface area contributed by atoms with Crippen molar-refractivity contribution in [3.8, 4) is 0 Å². The number of anilines is 1. The molecule has 0 saturated carbocycles. The highest BCUT2D eigenvalue weighted by Crippen LogP contribution is 2.33. The Bertz CT molecular complexity index is 1180. The van der Waals surface area contributed by atoms with Crippen LogP contribution >= 0.6 is 11.3 Å². The molecule has 2 N–H and O–H groups in total. The van der Waals surface area contributed by atoms with Crippen molar-refractivity contribution < 1.29 is 9.72 Å². The maximum Gasteiger partial charge on any atom is 0.274 e. The highest BCUT2D eigenvalue weighted by atomic mass is 32.1. The molecule has 0 radical (unpaired) electrons. The number of nitro groups is 1. The minimum Gasteiger partial charge on any atom is -0.326 e. The van der Waals surface area contributed by atoms with Gasteiger partial charge in [0.15, 0.2) is 0 Å². The second kappa shape index (κ2) is 7.75. The Balaban J connectivity index is 1.49. The van der Waals surface area contributed by atoms with Crippen LogP contribution in [0.25, 0.3) is 10.2 Å². The van der Waals surface area contributed by atoms with E-state index >= 15 is 0 Å². The van der Waals surface area contributed by atoms with E-state index < -0.39 is 4.92 Å². The number of nitrogens with zero attached hydrogens (tertiary/aromatic N) is 2. The lowest BCUT2D eigenvalue weighted by molar-refractivity contribution is -0.385. The quantitative estimate of drug-likeness (QED) is 0.490. The fraction of sp³-hybridized carbons (Fsp3) is 0.350. The monoisotopic (exact) mass is 412 g/mol. The van der Waals surface area contributed by atoms with Crippen LogP contribution < -0.4 is 10.9 Å². The highest BCUT2D eigenvalue weighted by Gasteiger charge is 2.20. The second-order valence-corrected chi connectivity index (χ2v) is 8.24. The van der Waals surface area contributed by atoms with Gasteiger partial charge < -0.3 is 10.3 Å². The smallest absolute Gasteiger partial charge is 0.274 e. The summed E-state index contributed by atoms with van der Waals surface area (Å²) in [4.78, 5) is 44.8. The number of aromatic nitrogens is 2. The number of amides is 1. The maximum atomic E-state index is 12.6. The van der Waals surface area contributed by atoms with E-state index in [-0.39, 0.29) is 30.0 Å². The van der Waals surface area contributed by atoms with Gasteiger partial charge in [-0.25, -0.2) is 4.98 Å². The Hall–Kier alpha value is -3.07. The molecular weight excluding hydrogens is 392 g/mol. The van der Waals surface area contributed by atoms with Crippen LogP contribution in [0.5, 0.6) is 0 Å². The van der Waals surface area contributed by atoms with Crippen molar-refractivity contribution in [3.05, 3.63) is 60.5 Å². The van der Waals surface area contributed by atoms with Gasteiger partial charge in [-0.2, -0.15) is 0 Å². The first-order valence-corrected chi connectivity index (χ1v) is 10.3. The molecule has 0 fully saturated rings. The van der Waals surface area contributed by atoms with Gasteiger partial charge in [-0.1, -0.05) is 6.07 Å². The predicted octanol–water partition coefficient (Wildman–Crippen LogP) is 3.65. The number of nitro benzene ring substituents is 1. The molecule has 0 atom stereocenters. The molecule has 2 aromatic heterocycles. The molecule has 29 heavy (non-hydrogen) atoms. The highest BCUT2D eigenvalue weighted by molar-refractivity contribution is 7.18. The topological polar surface area (TPSA) is 118 Å². The number of rotatable bonds is 5. The number of hydrogen-bond donors (Lipinski definition) is 2. The largest absolute Gasteiger partial charge is 0.326 e. The zero-order valence-corrected chi connectivity index (χ0v) is 16.7. The Labute approximate surface area is 170 Å². The van der Waals surface area contributed by atoms with E-state index in [4.69, 9.17) is 0 Å². The molecule has 0 saturated heterocycles. The number of H-pyrrole nitrogens is 1. The molecule has 0 unspecified atom stereocenters. The molecular formula is C20H20N4O4S. The summed E-state index contributed by atoms with van der Waals surface area (Å²) >= 11 is 1.58. The van der Waals surface area contributed by atoms with Crippen molar-refractivity contribution in [3.63, 3.8) is 0 Å². The normalized spacial score (nSPS) is 13.3. The summed E-state index contributed by atoms with van der Waals surface area (Å²) < 4.78 is 0. The molecule has 1 aliphatic rings. The van der Waals surface area contributed by atoms with Crippen LogP contribution in [0.4, 0.5) is 11.4 Å². The Morgan fingerprint density at radius 1 is 1.34 bits per heavy atom. The number of thiophene rings is 1. The SMILES string of the molecule is Cc1c(NC(=O)CCc2nc3sc4c(c3c(=O)[nH]2)CCCC4)cccc1[N+](=O)[O-]. The second-order valence-electron chi connectivity index (χ2n) is 7.16. The Kier molecular flexibility index (Phi) is 5.14. The molecule has 8 nitrogen and oxygen atoms in total. The van der Waals surface area contributed by atoms with Crippen molar-refractivity contribution in [1.82, 2.24) is 9.97 Å². The number of aryl methyl sites for hydroxylation is 3. The third-order valence-corrected chi connectivity index (χ3v) is 6.42. The van der Waals surface area contributed by atoms with Crippen molar-refractivity contribution in [2.75, 3.05) is 5.32 Å². The fourth-order valence-electron chi connectivity index (χ4n) is 3.73. The molecule has 150 valence electrons. The van der Waals surface area contributed by atoms with Gasteiger partial charge >= 0.3 is 0 Å². The van der Waals surface area contributed by atoms with E-state index in [0.717, 1.165) is 36.1 Å². The van der Waals surface area contributed by atoms with Gasteiger partial charge in [-0.15, -0.1) is 11.3 Å². The van der Waals surface area contributed by atoms with E-state index in [9.17, 15) is 19.7 Å². The van der Waals surface area contributed by atoms with Crippen molar-refractivity contribution in [2.45, 2.75) is 45.4 Å². The molecule has 9 heteroatoms. The molecule has 2 heterocycles. The van der Waals surface area contributed by atoms with E-state index in [1.54, 1.807) is 24.3 Å². The molecule has 1 aromatic carbocycles. The van der Waals surface area contributed by atoms with Crippen LogP contribution in [-0.2, 0) is 24.1 Å². The summed E-state index contributed by atoms with van der Waals surface area (Å²) in [7, 11) is 0. The van der Waals surface area contributed by atoms with Gasteiger partial charge in [0, 0.05) is 23.8 Å². The average molecular weight is 412 g/mol. The number of carbonyl (C=O) groups excluding carboxylic acids is 1.